The number of nitrogens with zero attached hydrogens (tertiary/aromatic N) is 3. The van der Waals surface area contributed by atoms with Gasteiger partial charge < -0.3 is 10.6 Å². The van der Waals surface area contributed by atoms with Gasteiger partial charge in [-0.15, -0.1) is 0 Å². The fourth-order valence-electron chi connectivity index (χ4n) is 2.77. The van der Waals surface area contributed by atoms with Gasteiger partial charge >= 0.3 is 0 Å². The molecular formula is C22H21N5O. The summed E-state index contributed by atoms with van der Waals surface area (Å²) < 4.78 is 0. The summed E-state index contributed by atoms with van der Waals surface area (Å²) in [4.78, 5) is 21.1. The van der Waals surface area contributed by atoms with E-state index >= 15 is 0 Å². The smallest absolute Gasteiger partial charge is 0.274 e. The van der Waals surface area contributed by atoms with Crippen molar-refractivity contribution in [3.8, 4) is 6.07 Å². The van der Waals surface area contributed by atoms with E-state index in [1.165, 1.54) is 6.20 Å². The van der Waals surface area contributed by atoms with Crippen LogP contribution in [0.1, 0.15) is 42.4 Å². The van der Waals surface area contributed by atoms with Crippen LogP contribution in [0, 0.1) is 11.3 Å². The molecule has 2 aromatic carbocycles. The Bertz CT molecular complexity index is 1050. The Morgan fingerprint density at radius 1 is 1.07 bits per heavy atom. The second kappa shape index (κ2) is 7.89. The van der Waals surface area contributed by atoms with Crippen LogP contribution in [-0.4, -0.2) is 15.9 Å². The van der Waals surface area contributed by atoms with Crippen LogP contribution >= 0.6 is 0 Å². The topological polar surface area (TPSA) is 90.7 Å². The first kappa shape index (κ1) is 19.1. The first-order chi connectivity index (χ1) is 13.4. The maximum atomic E-state index is 12.5. The molecule has 0 aliphatic heterocycles. The van der Waals surface area contributed by atoms with Crippen LogP contribution in [0.5, 0.6) is 0 Å². The molecule has 0 radical (unpaired) electrons. The molecule has 1 amide bonds. The molecule has 1 aromatic heterocycles. The number of rotatable bonds is 4. The maximum Gasteiger partial charge on any atom is 0.274 e. The van der Waals surface area contributed by atoms with Gasteiger partial charge in [0, 0.05) is 17.6 Å². The van der Waals surface area contributed by atoms with Crippen molar-refractivity contribution < 1.29 is 4.79 Å². The van der Waals surface area contributed by atoms with Gasteiger partial charge in [-0.05, 0) is 41.3 Å². The number of carbonyl (C=O) groups excluding carboxylic acids is 1. The number of nitriles is 1. The Hall–Kier alpha value is -3.72. The lowest BCUT2D eigenvalue weighted by Gasteiger charge is -2.23. The molecule has 0 bridgehead atoms. The molecule has 6 nitrogen and oxygen atoms in total. The molecule has 0 aliphatic rings. The van der Waals surface area contributed by atoms with Gasteiger partial charge in [0.05, 0.1) is 11.6 Å². The van der Waals surface area contributed by atoms with Crippen LogP contribution in [0.25, 0.3) is 0 Å². The number of benzene rings is 2. The average molecular weight is 371 g/mol. The van der Waals surface area contributed by atoms with Crippen LogP contribution in [0.2, 0.25) is 0 Å². The lowest BCUT2D eigenvalue weighted by Crippen LogP contribution is -2.16. The summed E-state index contributed by atoms with van der Waals surface area (Å²) in [7, 11) is 0. The molecule has 0 saturated carbocycles. The van der Waals surface area contributed by atoms with Gasteiger partial charge in [0.1, 0.15) is 5.69 Å². The Morgan fingerprint density at radius 3 is 2.61 bits per heavy atom. The van der Waals surface area contributed by atoms with Gasteiger partial charge in [0.15, 0.2) is 0 Å². The number of aromatic nitrogens is 2. The van der Waals surface area contributed by atoms with E-state index in [-0.39, 0.29) is 17.0 Å². The summed E-state index contributed by atoms with van der Waals surface area (Å²) in [5, 5.41) is 14.9. The van der Waals surface area contributed by atoms with E-state index in [1.807, 2.05) is 24.3 Å². The van der Waals surface area contributed by atoms with Crippen LogP contribution in [0.4, 0.5) is 17.3 Å². The van der Waals surface area contributed by atoms with Crippen molar-refractivity contribution in [1.29, 1.82) is 5.26 Å². The fraction of sp³-hybridized carbons (Fsp3) is 0.182. The molecule has 28 heavy (non-hydrogen) atoms. The van der Waals surface area contributed by atoms with E-state index in [2.05, 4.69) is 47.4 Å². The predicted molar refractivity (Wildman–Crippen MR) is 110 cm³/mol. The zero-order chi connectivity index (χ0) is 20.1. The fourth-order valence-corrected chi connectivity index (χ4v) is 2.77. The molecule has 0 atom stereocenters. The maximum absolute atomic E-state index is 12.5. The van der Waals surface area contributed by atoms with Gasteiger partial charge in [-0.3, -0.25) is 4.79 Å². The number of para-hydroxylation sites is 1. The summed E-state index contributed by atoms with van der Waals surface area (Å²) in [6.07, 6.45) is 1.54. The Balaban J connectivity index is 1.81. The lowest BCUT2D eigenvalue weighted by molar-refractivity contribution is 0.102. The van der Waals surface area contributed by atoms with Gasteiger partial charge in [-0.1, -0.05) is 45.0 Å². The van der Waals surface area contributed by atoms with E-state index in [1.54, 1.807) is 30.3 Å². The summed E-state index contributed by atoms with van der Waals surface area (Å²) in [6, 6.07) is 18.3. The molecule has 140 valence electrons. The summed E-state index contributed by atoms with van der Waals surface area (Å²) in [5.74, 6) is -0.0280. The molecule has 6 heteroatoms. The first-order valence-corrected chi connectivity index (χ1v) is 8.88. The van der Waals surface area contributed by atoms with Crippen LogP contribution in [0.15, 0.2) is 60.8 Å². The van der Waals surface area contributed by atoms with Crippen molar-refractivity contribution in [2.45, 2.75) is 26.2 Å². The van der Waals surface area contributed by atoms with E-state index in [4.69, 9.17) is 5.26 Å². The highest BCUT2D eigenvalue weighted by molar-refractivity contribution is 6.03. The SMILES string of the molecule is CC(C)(C)c1ccccc1Nc1nccc(C(=O)Nc2cccc(C#N)c2)n1. The monoisotopic (exact) mass is 371 g/mol. The predicted octanol–water partition coefficient (Wildman–Crippen LogP) is 4.64. The number of hydrogen-bond acceptors (Lipinski definition) is 5. The third kappa shape index (κ3) is 4.51. The molecule has 3 aromatic rings. The summed E-state index contributed by atoms with van der Waals surface area (Å²) >= 11 is 0. The standard InChI is InChI=1S/C22H21N5O/c1-22(2,3)17-9-4-5-10-18(17)26-21-24-12-11-19(27-21)20(28)25-16-8-6-7-15(13-16)14-23/h4-13H,1-3H3,(H,25,28)(H,24,26,27). The third-order valence-electron chi connectivity index (χ3n) is 4.12. The number of amides is 1. The van der Waals surface area contributed by atoms with Crippen molar-refractivity contribution in [3.05, 3.63) is 77.6 Å². The van der Waals surface area contributed by atoms with Crippen LogP contribution in [-0.2, 0) is 5.41 Å². The van der Waals surface area contributed by atoms with Crippen molar-refractivity contribution in [2.24, 2.45) is 0 Å². The minimum absolute atomic E-state index is 0.0513. The molecule has 0 saturated heterocycles. The molecule has 0 spiro atoms. The highest BCUT2D eigenvalue weighted by Gasteiger charge is 2.18. The van der Waals surface area contributed by atoms with Gasteiger partial charge in [0.25, 0.3) is 5.91 Å². The van der Waals surface area contributed by atoms with E-state index < -0.39 is 0 Å². The Labute approximate surface area is 164 Å². The highest BCUT2D eigenvalue weighted by atomic mass is 16.1. The third-order valence-corrected chi connectivity index (χ3v) is 4.12. The number of nitrogens with one attached hydrogen (secondary N) is 2. The second-order valence-corrected chi connectivity index (χ2v) is 7.33. The van der Waals surface area contributed by atoms with Crippen LogP contribution in [0.3, 0.4) is 0 Å². The molecule has 0 unspecified atom stereocenters. The Morgan fingerprint density at radius 2 is 1.86 bits per heavy atom. The van der Waals surface area contributed by atoms with Crippen LogP contribution < -0.4 is 10.6 Å². The Kier molecular flexibility index (Phi) is 5.37. The van der Waals surface area contributed by atoms with Gasteiger partial charge in [0.2, 0.25) is 5.95 Å². The number of carbonyl (C=O) groups is 1. The zero-order valence-corrected chi connectivity index (χ0v) is 16.0. The summed E-state index contributed by atoms with van der Waals surface area (Å²) in [5.41, 5.74) is 3.21. The quantitative estimate of drug-likeness (QED) is 0.697. The largest absolute Gasteiger partial charge is 0.324 e. The average Bonchev–Trinajstić information content (AvgIpc) is 2.68. The van der Waals surface area contributed by atoms with Crippen molar-refractivity contribution >= 4 is 23.2 Å². The molecule has 0 aliphatic carbocycles. The minimum atomic E-state index is -0.371. The number of anilines is 3. The minimum Gasteiger partial charge on any atom is -0.324 e. The van der Waals surface area contributed by atoms with E-state index in [9.17, 15) is 4.79 Å². The molecular weight excluding hydrogens is 350 g/mol. The van der Waals surface area contributed by atoms with E-state index in [0.717, 1.165) is 11.3 Å². The molecule has 2 N–H and O–H groups in total. The zero-order valence-electron chi connectivity index (χ0n) is 16.0. The normalized spacial score (nSPS) is 10.8. The molecule has 3 rings (SSSR count). The first-order valence-electron chi connectivity index (χ1n) is 8.88. The van der Waals surface area contributed by atoms with Crippen molar-refractivity contribution in [3.63, 3.8) is 0 Å². The number of hydrogen-bond donors (Lipinski definition) is 2. The van der Waals surface area contributed by atoms with Gasteiger partial charge in [-0.25, -0.2) is 9.97 Å². The van der Waals surface area contributed by atoms with Gasteiger partial charge in [-0.2, -0.15) is 5.26 Å². The molecule has 0 fully saturated rings. The van der Waals surface area contributed by atoms with Crippen molar-refractivity contribution in [2.75, 3.05) is 10.6 Å². The molecule has 1 heterocycles. The van der Waals surface area contributed by atoms with Crippen molar-refractivity contribution in [1.82, 2.24) is 9.97 Å². The lowest BCUT2D eigenvalue weighted by atomic mass is 9.86. The van der Waals surface area contributed by atoms with E-state index in [0.29, 0.717) is 17.2 Å². The highest BCUT2D eigenvalue weighted by Crippen LogP contribution is 2.30. The second-order valence-electron chi connectivity index (χ2n) is 7.33. The summed E-state index contributed by atoms with van der Waals surface area (Å²) in [6.45, 7) is 6.40.